The summed E-state index contributed by atoms with van der Waals surface area (Å²) in [7, 11) is 0. The fourth-order valence-electron chi connectivity index (χ4n) is 1.47. The number of ketones is 1. The van der Waals surface area contributed by atoms with Gasteiger partial charge in [0.05, 0.1) is 12.4 Å². The third-order valence-electron chi connectivity index (χ3n) is 2.21. The van der Waals surface area contributed by atoms with E-state index < -0.39 is 0 Å². The lowest BCUT2D eigenvalue weighted by molar-refractivity contribution is 0.104. The van der Waals surface area contributed by atoms with E-state index in [1.807, 2.05) is 30.3 Å². The molecule has 0 radical (unpaired) electrons. The molecule has 0 saturated carbocycles. The molecule has 0 aromatic heterocycles. The van der Waals surface area contributed by atoms with E-state index in [-0.39, 0.29) is 5.78 Å². The van der Waals surface area contributed by atoms with Crippen molar-refractivity contribution < 1.29 is 9.53 Å². The first kappa shape index (κ1) is 9.00. The maximum atomic E-state index is 11.6. The third-order valence-corrected chi connectivity index (χ3v) is 2.21. The van der Waals surface area contributed by atoms with Crippen LogP contribution in [0, 0.1) is 0 Å². The van der Waals surface area contributed by atoms with E-state index >= 15 is 0 Å². The molecule has 0 bridgehead atoms. The van der Waals surface area contributed by atoms with Crippen molar-refractivity contribution in [3.63, 3.8) is 0 Å². The van der Waals surface area contributed by atoms with Gasteiger partial charge in [-0.2, -0.15) is 0 Å². The van der Waals surface area contributed by atoms with Crippen molar-refractivity contribution in [3.05, 3.63) is 47.7 Å². The van der Waals surface area contributed by atoms with E-state index in [4.69, 9.17) is 4.74 Å². The molecule has 1 aliphatic rings. The van der Waals surface area contributed by atoms with Crippen molar-refractivity contribution in [1.29, 1.82) is 0 Å². The Morgan fingerprint density at radius 2 is 2.07 bits per heavy atom. The number of carbonyl (C=O) groups is 1. The molecule has 0 aliphatic carbocycles. The maximum absolute atomic E-state index is 11.6. The molecule has 0 atom stereocenters. The summed E-state index contributed by atoms with van der Waals surface area (Å²) in [6, 6.07) is 9.25. The number of allylic oxidation sites excluding steroid dienone is 2. The SMILES string of the molecule is O=C(/C=C1/CCCO1)c1ccccc1. The van der Waals surface area contributed by atoms with Crippen LogP contribution < -0.4 is 0 Å². The van der Waals surface area contributed by atoms with Crippen LogP contribution in [0.25, 0.3) is 0 Å². The minimum Gasteiger partial charge on any atom is -0.498 e. The largest absolute Gasteiger partial charge is 0.498 e. The number of ether oxygens (including phenoxy) is 1. The Morgan fingerprint density at radius 1 is 1.29 bits per heavy atom. The Hall–Kier alpha value is -1.57. The lowest BCUT2D eigenvalue weighted by atomic mass is 10.1. The summed E-state index contributed by atoms with van der Waals surface area (Å²) in [5.41, 5.74) is 0.718. The van der Waals surface area contributed by atoms with Crippen LogP contribution in [-0.4, -0.2) is 12.4 Å². The minimum atomic E-state index is 0.0301. The fraction of sp³-hybridized carbons (Fsp3) is 0.250. The molecule has 0 unspecified atom stereocenters. The molecule has 2 rings (SSSR count). The second-order valence-corrected chi connectivity index (χ2v) is 3.29. The molecule has 72 valence electrons. The van der Waals surface area contributed by atoms with Crippen LogP contribution in [0.5, 0.6) is 0 Å². The highest BCUT2D eigenvalue weighted by atomic mass is 16.5. The molecule has 1 fully saturated rings. The predicted octanol–water partition coefficient (Wildman–Crippen LogP) is 2.56. The van der Waals surface area contributed by atoms with E-state index in [0.29, 0.717) is 0 Å². The molecule has 14 heavy (non-hydrogen) atoms. The predicted molar refractivity (Wildman–Crippen MR) is 54.0 cm³/mol. The van der Waals surface area contributed by atoms with Crippen molar-refractivity contribution in [3.8, 4) is 0 Å². The van der Waals surface area contributed by atoms with Gasteiger partial charge in [0.2, 0.25) is 0 Å². The molecule has 0 N–H and O–H groups in total. The van der Waals surface area contributed by atoms with Crippen LogP contribution >= 0.6 is 0 Å². The van der Waals surface area contributed by atoms with Gasteiger partial charge in [-0.05, 0) is 6.42 Å². The number of benzene rings is 1. The van der Waals surface area contributed by atoms with Crippen LogP contribution in [-0.2, 0) is 4.74 Å². The molecule has 0 amide bonds. The summed E-state index contributed by atoms with van der Waals surface area (Å²) in [4.78, 5) is 11.6. The lowest BCUT2D eigenvalue weighted by Gasteiger charge is -1.97. The molecule has 1 aromatic carbocycles. The van der Waals surface area contributed by atoms with Gasteiger partial charge in [0, 0.05) is 18.1 Å². The monoisotopic (exact) mass is 188 g/mol. The molecule has 1 aliphatic heterocycles. The van der Waals surface area contributed by atoms with Gasteiger partial charge in [-0.1, -0.05) is 30.3 Å². The van der Waals surface area contributed by atoms with Gasteiger partial charge < -0.3 is 4.74 Å². The van der Waals surface area contributed by atoms with Gasteiger partial charge in [-0.25, -0.2) is 0 Å². The van der Waals surface area contributed by atoms with E-state index in [1.54, 1.807) is 6.08 Å². The van der Waals surface area contributed by atoms with Crippen LogP contribution in [0.15, 0.2) is 42.2 Å². The van der Waals surface area contributed by atoms with Gasteiger partial charge >= 0.3 is 0 Å². The summed E-state index contributed by atoms with van der Waals surface area (Å²) in [6.07, 6.45) is 3.51. The number of hydrogen-bond acceptors (Lipinski definition) is 2. The summed E-state index contributed by atoms with van der Waals surface area (Å²) >= 11 is 0. The summed E-state index contributed by atoms with van der Waals surface area (Å²) in [6.45, 7) is 0.744. The molecule has 2 nitrogen and oxygen atoms in total. The standard InChI is InChI=1S/C12H12O2/c13-12(9-11-7-4-8-14-11)10-5-2-1-3-6-10/h1-3,5-6,9H,4,7-8H2/b11-9-. The van der Waals surface area contributed by atoms with Crippen molar-refractivity contribution in [1.82, 2.24) is 0 Å². The van der Waals surface area contributed by atoms with E-state index in [2.05, 4.69) is 0 Å². The van der Waals surface area contributed by atoms with Crippen molar-refractivity contribution >= 4 is 5.78 Å². The topological polar surface area (TPSA) is 26.3 Å². The highest BCUT2D eigenvalue weighted by Crippen LogP contribution is 2.16. The van der Waals surface area contributed by atoms with E-state index in [0.717, 1.165) is 30.8 Å². The molecule has 2 heteroatoms. The maximum Gasteiger partial charge on any atom is 0.189 e. The molecular weight excluding hydrogens is 176 g/mol. The summed E-state index contributed by atoms with van der Waals surface area (Å²) in [5, 5.41) is 0. The number of hydrogen-bond donors (Lipinski definition) is 0. The minimum absolute atomic E-state index is 0.0301. The smallest absolute Gasteiger partial charge is 0.189 e. The Labute approximate surface area is 83.2 Å². The number of rotatable bonds is 2. The van der Waals surface area contributed by atoms with Crippen molar-refractivity contribution in [2.45, 2.75) is 12.8 Å². The highest BCUT2D eigenvalue weighted by molar-refractivity contribution is 6.04. The Bertz CT molecular complexity index is 344. The fourth-order valence-corrected chi connectivity index (χ4v) is 1.47. The zero-order chi connectivity index (χ0) is 9.80. The molecule has 0 spiro atoms. The molecule has 1 heterocycles. The normalized spacial score (nSPS) is 18.1. The van der Waals surface area contributed by atoms with Crippen LogP contribution in [0.3, 0.4) is 0 Å². The quantitative estimate of drug-likeness (QED) is 0.526. The first-order valence-electron chi connectivity index (χ1n) is 4.79. The summed E-state index contributed by atoms with van der Waals surface area (Å²) < 4.78 is 5.29. The van der Waals surface area contributed by atoms with Gasteiger partial charge in [0.25, 0.3) is 0 Å². The second-order valence-electron chi connectivity index (χ2n) is 3.29. The van der Waals surface area contributed by atoms with Crippen LogP contribution in [0.2, 0.25) is 0 Å². The highest BCUT2D eigenvalue weighted by Gasteiger charge is 2.10. The van der Waals surface area contributed by atoms with Crippen LogP contribution in [0.1, 0.15) is 23.2 Å². The van der Waals surface area contributed by atoms with Gasteiger partial charge in [-0.3, -0.25) is 4.79 Å². The zero-order valence-corrected chi connectivity index (χ0v) is 7.90. The first-order chi connectivity index (χ1) is 6.86. The number of carbonyl (C=O) groups excluding carboxylic acids is 1. The van der Waals surface area contributed by atoms with Gasteiger partial charge in [0.1, 0.15) is 0 Å². The average molecular weight is 188 g/mol. The summed E-state index contributed by atoms with van der Waals surface area (Å²) in [5.74, 6) is 0.848. The molecule has 1 saturated heterocycles. The molecule has 1 aromatic rings. The van der Waals surface area contributed by atoms with E-state index in [1.165, 1.54) is 0 Å². The Balaban J connectivity index is 2.13. The van der Waals surface area contributed by atoms with Crippen LogP contribution in [0.4, 0.5) is 0 Å². The average Bonchev–Trinajstić information content (AvgIpc) is 2.72. The Kier molecular flexibility index (Phi) is 2.63. The lowest BCUT2D eigenvalue weighted by Crippen LogP contribution is -1.95. The molecular formula is C12H12O2. The second kappa shape index (κ2) is 4.09. The first-order valence-corrected chi connectivity index (χ1v) is 4.79. The third kappa shape index (κ3) is 2.02. The van der Waals surface area contributed by atoms with E-state index in [9.17, 15) is 4.79 Å². The van der Waals surface area contributed by atoms with Crippen molar-refractivity contribution in [2.75, 3.05) is 6.61 Å². The van der Waals surface area contributed by atoms with Gasteiger partial charge in [0.15, 0.2) is 5.78 Å². The zero-order valence-electron chi connectivity index (χ0n) is 7.90. The van der Waals surface area contributed by atoms with Gasteiger partial charge in [-0.15, -0.1) is 0 Å². The Morgan fingerprint density at radius 3 is 2.71 bits per heavy atom. The van der Waals surface area contributed by atoms with Crippen molar-refractivity contribution in [2.24, 2.45) is 0 Å².